The molecule has 0 saturated carbocycles. The van der Waals surface area contributed by atoms with E-state index < -0.39 is 5.91 Å². The summed E-state index contributed by atoms with van der Waals surface area (Å²) in [5.74, 6) is -0.769. The summed E-state index contributed by atoms with van der Waals surface area (Å²) in [5.41, 5.74) is 0.919. The molecule has 1 aromatic heterocycles. The number of aromatic amines is 1. The van der Waals surface area contributed by atoms with Crippen LogP contribution < -0.4 is 15.4 Å². The van der Waals surface area contributed by atoms with Gasteiger partial charge in [0.25, 0.3) is 11.8 Å². The van der Waals surface area contributed by atoms with E-state index in [1.54, 1.807) is 25.1 Å². The molecule has 6 nitrogen and oxygen atoms in total. The maximum Gasteiger partial charge on any atom is 0.271 e. The SMILES string of the molecule is CCNC(=O)c1cc(OCCc2ccccc2F)c(C(=O)NC)[nH]1. The summed E-state index contributed by atoms with van der Waals surface area (Å²) in [6.07, 6.45) is 0.349. The lowest BCUT2D eigenvalue weighted by Crippen LogP contribution is -2.23. The van der Waals surface area contributed by atoms with E-state index in [1.165, 1.54) is 19.2 Å². The third kappa shape index (κ3) is 4.13. The monoisotopic (exact) mass is 333 g/mol. The number of hydrogen-bond acceptors (Lipinski definition) is 3. The molecule has 1 heterocycles. The van der Waals surface area contributed by atoms with Crippen LogP contribution in [0.15, 0.2) is 30.3 Å². The minimum Gasteiger partial charge on any atom is -0.491 e. The van der Waals surface area contributed by atoms with Crippen molar-refractivity contribution in [1.82, 2.24) is 15.6 Å². The quantitative estimate of drug-likeness (QED) is 0.723. The Morgan fingerprint density at radius 2 is 2.00 bits per heavy atom. The smallest absolute Gasteiger partial charge is 0.271 e. The minimum atomic E-state index is -0.397. The van der Waals surface area contributed by atoms with Gasteiger partial charge in [-0.3, -0.25) is 9.59 Å². The normalized spacial score (nSPS) is 10.3. The Hall–Kier alpha value is -2.83. The Morgan fingerprint density at radius 3 is 2.67 bits per heavy atom. The van der Waals surface area contributed by atoms with E-state index in [9.17, 15) is 14.0 Å². The number of amides is 2. The van der Waals surface area contributed by atoms with Crippen LogP contribution in [0.2, 0.25) is 0 Å². The zero-order valence-corrected chi connectivity index (χ0v) is 13.6. The largest absolute Gasteiger partial charge is 0.491 e. The minimum absolute atomic E-state index is 0.160. The van der Waals surface area contributed by atoms with E-state index in [2.05, 4.69) is 15.6 Å². The van der Waals surface area contributed by atoms with Crippen LogP contribution in [-0.4, -0.2) is 37.0 Å². The molecule has 0 radical (unpaired) electrons. The number of aromatic nitrogens is 1. The van der Waals surface area contributed by atoms with Crippen molar-refractivity contribution in [3.8, 4) is 5.75 Å². The van der Waals surface area contributed by atoms with Crippen molar-refractivity contribution in [1.29, 1.82) is 0 Å². The fourth-order valence-electron chi connectivity index (χ4n) is 2.19. The average Bonchev–Trinajstić information content (AvgIpc) is 3.00. The predicted octanol–water partition coefficient (Wildman–Crippen LogP) is 1.88. The van der Waals surface area contributed by atoms with Gasteiger partial charge in [0.2, 0.25) is 0 Å². The van der Waals surface area contributed by atoms with Gasteiger partial charge in [0.1, 0.15) is 17.2 Å². The Morgan fingerprint density at radius 1 is 1.25 bits per heavy atom. The first-order valence-electron chi connectivity index (χ1n) is 7.66. The Balaban J connectivity index is 2.11. The molecule has 24 heavy (non-hydrogen) atoms. The number of H-pyrrole nitrogens is 1. The Labute approximate surface area is 139 Å². The molecule has 0 aliphatic carbocycles. The van der Waals surface area contributed by atoms with Crippen molar-refractivity contribution in [2.45, 2.75) is 13.3 Å². The molecule has 0 spiro atoms. The Bertz CT molecular complexity index is 728. The molecule has 2 aromatic rings. The second kappa shape index (κ2) is 8.14. The van der Waals surface area contributed by atoms with Gasteiger partial charge in [0, 0.05) is 26.1 Å². The number of hydrogen-bond donors (Lipinski definition) is 3. The van der Waals surface area contributed by atoms with Gasteiger partial charge in [-0.1, -0.05) is 18.2 Å². The molecular weight excluding hydrogens is 313 g/mol. The zero-order chi connectivity index (χ0) is 17.5. The molecule has 7 heteroatoms. The zero-order valence-electron chi connectivity index (χ0n) is 13.6. The van der Waals surface area contributed by atoms with Crippen molar-refractivity contribution in [2.24, 2.45) is 0 Å². The first-order valence-corrected chi connectivity index (χ1v) is 7.66. The second-order valence-corrected chi connectivity index (χ2v) is 5.05. The van der Waals surface area contributed by atoms with Gasteiger partial charge in [-0.05, 0) is 18.6 Å². The molecule has 0 bridgehead atoms. The van der Waals surface area contributed by atoms with Crippen LogP contribution >= 0.6 is 0 Å². The summed E-state index contributed by atoms with van der Waals surface area (Å²) < 4.78 is 19.2. The van der Waals surface area contributed by atoms with Crippen molar-refractivity contribution in [2.75, 3.05) is 20.2 Å². The maximum absolute atomic E-state index is 13.6. The van der Waals surface area contributed by atoms with Gasteiger partial charge in [0.05, 0.1) is 6.61 Å². The van der Waals surface area contributed by atoms with E-state index in [0.29, 0.717) is 18.5 Å². The summed E-state index contributed by atoms with van der Waals surface area (Å²) in [7, 11) is 1.48. The first kappa shape index (κ1) is 17.5. The van der Waals surface area contributed by atoms with E-state index in [0.717, 1.165) is 0 Å². The van der Waals surface area contributed by atoms with Crippen molar-refractivity contribution in [3.05, 3.63) is 53.1 Å². The van der Waals surface area contributed by atoms with E-state index in [-0.39, 0.29) is 35.5 Å². The number of carbonyl (C=O) groups is 2. The third-order valence-electron chi connectivity index (χ3n) is 3.40. The fraction of sp³-hybridized carbons (Fsp3) is 0.294. The molecule has 0 saturated heterocycles. The highest BCUT2D eigenvalue weighted by molar-refractivity contribution is 5.99. The van der Waals surface area contributed by atoms with Gasteiger partial charge in [-0.2, -0.15) is 0 Å². The van der Waals surface area contributed by atoms with E-state index in [1.807, 2.05) is 0 Å². The van der Waals surface area contributed by atoms with Crippen LogP contribution in [-0.2, 0) is 6.42 Å². The highest BCUT2D eigenvalue weighted by Gasteiger charge is 2.19. The number of benzene rings is 1. The highest BCUT2D eigenvalue weighted by Crippen LogP contribution is 2.21. The summed E-state index contributed by atoms with van der Waals surface area (Å²) in [4.78, 5) is 26.5. The lowest BCUT2D eigenvalue weighted by molar-refractivity contribution is 0.0951. The van der Waals surface area contributed by atoms with Crippen molar-refractivity contribution < 1.29 is 18.7 Å². The molecule has 0 unspecified atom stereocenters. The summed E-state index contributed by atoms with van der Waals surface area (Å²) in [6, 6.07) is 7.90. The van der Waals surface area contributed by atoms with Crippen LogP contribution in [0.5, 0.6) is 5.75 Å². The van der Waals surface area contributed by atoms with Crippen LogP contribution in [0.25, 0.3) is 0 Å². The van der Waals surface area contributed by atoms with E-state index >= 15 is 0 Å². The molecule has 0 aliphatic rings. The molecular formula is C17H20FN3O3. The molecule has 128 valence electrons. The number of ether oxygens (including phenoxy) is 1. The molecule has 1 aromatic carbocycles. The van der Waals surface area contributed by atoms with Gasteiger partial charge in [-0.15, -0.1) is 0 Å². The average molecular weight is 333 g/mol. The van der Waals surface area contributed by atoms with Gasteiger partial charge >= 0.3 is 0 Å². The third-order valence-corrected chi connectivity index (χ3v) is 3.40. The van der Waals surface area contributed by atoms with Gasteiger partial charge < -0.3 is 20.4 Å². The molecule has 0 aliphatic heterocycles. The number of rotatable bonds is 7. The summed E-state index contributed by atoms with van der Waals surface area (Å²) >= 11 is 0. The number of carbonyl (C=O) groups excluding carboxylic acids is 2. The van der Waals surface area contributed by atoms with Gasteiger partial charge in [0.15, 0.2) is 5.75 Å². The lowest BCUT2D eigenvalue weighted by Gasteiger charge is -2.07. The second-order valence-electron chi connectivity index (χ2n) is 5.05. The maximum atomic E-state index is 13.6. The van der Waals surface area contributed by atoms with Crippen LogP contribution in [0.4, 0.5) is 4.39 Å². The lowest BCUT2D eigenvalue weighted by atomic mass is 10.1. The summed E-state index contributed by atoms with van der Waals surface area (Å²) in [5, 5.41) is 5.12. The van der Waals surface area contributed by atoms with Crippen molar-refractivity contribution >= 4 is 11.8 Å². The molecule has 2 amide bonds. The standard InChI is InChI=1S/C17H20FN3O3/c1-3-20-16(22)13-10-14(15(21-13)17(23)19-2)24-9-8-11-6-4-5-7-12(11)18/h4-7,10,21H,3,8-9H2,1-2H3,(H,19,23)(H,20,22). The number of nitrogens with one attached hydrogen (secondary N) is 3. The van der Waals surface area contributed by atoms with Crippen LogP contribution in [0.1, 0.15) is 33.5 Å². The molecule has 0 fully saturated rings. The molecule has 2 rings (SSSR count). The molecule has 0 atom stereocenters. The highest BCUT2D eigenvalue weighted by atomic mass is 19.1. The predicted molar refractivity (Wildman–Crippen MR) is 87.8 cm³/mol. The topological polar surface area (TPSA) is 83.2 Å². The van der Waals surface area contributed by atoms with E-state index in [4.69, 9.17) is 4.74 Å². The fourth-order valence-corrected chi connectivity index (χ4v) is 2.19. The van der Waals surface area contributed by atoms with Crippen LogP contribution in [0, 0.1) is 5.82 Å². The van der Waals surface area contributed by atoms with Crippen LogP contribution in [0.3, 0.4) is 0 Å². The van der Waals surface area contributed by atoms with Crippen molar-refractivity contribution in [3.63, 3.8) is 0 Å². The summed E-state index contributed by atoms with van der Waals surface area (Å²) in [6.45, 7) is 2.45. The Kier molecular flexibility index (Phi) is 5.95. The van der Waals surface area contributed by atoms with Gasteiger partial charge in [-0.25, -0.2) is 4.39 Å². The first-order chi connectivity index (χ1) is 11.6. The number of halogens is 1. The molecule has 3 N–H and O–H groups in total.